The number of nitrogens with one attached hydrogen (secondary N) is 1. The molecule has 0 spiro atoms. The molecule has 0 aliphatic rings. The molecule has 0 saturated carbocycles. The molecule has 6 nitrogen and oxygen atoms in total. The van der Waals surface area contributed by atoms with Crippen molar-refractivity contribution in [3.8, 4) is 0 Å². The minimum atomic E-state index is -1.12. The van der Waals surface area contributed by atoms with Crippen molar-refractivity contribution in [2.24, 2.45) is 0 Å². The summed E-state index contributed by atoms with van der Waals surface area (Å²) in [5.74, 6) is 0.748. The highest BCUT2D eigenvalue weighted by atomic mass is 32.2. The lowest BCUT2D eigenvalue weighted by Gasteiger charge is -2.31. The Morgan fingerprint density at radius 2 is 0.917 bits per heavy atom. The third-order valence-electron chi connectivity index (χ3n) is 10.0. The smallest absolute Gasteiger partial charge is 0.220 e. The van der Waals surface area contributed by atoms with Crippen LogP contribution < -0.4 is 5.32 Å². The highest BCUT2D eigenvalue weighted by molar-refractivity contribution is 7.94. The summed E-state index contributed by atoms with van der Waals surface area (Å²) in [5, 5.41) is 22.8. The molecule has 0 fully saturated rings. The average Bonchev–Trinajstić information content (AvgIpc) is 3.08. The van der Waals surface area contributed by atoms with Crippen LogP contribution in [0.4, 0.5) is 0 Å². The molecule has 0 unspecified atom stereocenters. The molecule has 0 aliphatic heterocycles. The van der Waals surface area contributed by atoms with Gasteiger partial charge in [0.05, 0.1) is 47.0 Å². The van der Waals surface area contributed by atoms with Crippen LogP contribution in [0.2, 0.25) is 0 Å². The molecule has 0 aromatic rings. The van der Waals surface area contributed by atoms with Gasteiger partial charge in [0, 0.05) is 18.6 Å². The number of rotatable bonds is 39. The molecule has 7 heteroatoms. The number of nitrogens with zero attached hydrogens (tertiary/aromatic N) is 1. The van der Waals surface area contributed by atoms with Crippen LogP contribution in [-0.2, 0) is 8.98 Å². The largest absolute Gasteiger partial charge is 0.394 e. The molecule has 0 saturated heterocycles. The molecule has 1 amide bonds. The van der Waals surface area contributed by atoms with Crippen LogP contribution in [0, 0.1) is 0 Å². The van der Waals surface area contributed by atoms with Crippen molar-refractivity contribution in [1.29, 1.82) is 0 Å². The molecule has 0 radical (unpaired) electrons. The lowest BCUT2D eigenvalue weighted by atomic mass is 10.0. The first-order valence-corrected chi connectivity index (χ1v) is 21.8. The summed E-state index contributed by atoms with van der Waals surface area (Å²) in [6.45, 7) is 6.31. The third kappa shape index (κ3) is 31.6. The van der Waals surface area contributed by atoms with Gasteiger partial charge in [0.15, 0.2) is 0 Å². The summed E-state index contributed by atoms with van der Waals surface area (Å²) < 4.78 is 6.81. The fourth-order valence-electron chi connectivity index (χ4n) is 6.53. The number of quaternary nitrogens is 1. The van der Waals surface area contributed by atoms with Gasteiger partial charge in [-0.05, 0) is 31.3 Å². The van der Waals surface area contributed by atoms with Crippen molar-refractivity contribution in [2.75, 3.05) is 52.8 Å². The van der Waals surface area contributed by atoms with Gasteiger partial charge in [0.25, 0.3) is 0 Å². The zero-order chi connectivity index (χ0) is 35.4. The van der Waals surface area contributed by atoms with Gasteiger partial charge in [0.2, 0.25) is 5.91 Å². The van der Waals surface area contributed by atoms with Gasteiger partial charge in [-0.2, -0.15) is 0 Å². The van der Waals surface area contributed by atoms with Crippen molar-refractivity contribution in [3.63, 3.8) is 0 Å². The lowest BCUT2D eigenvalue weighted by molar-refractivity contribution is -0.890. The first-order chi connectivity index (χ1) is 23.3. The van der Waals surface area contributed by atoms with Crippen LogP contribution in [0.3, 0.4) is 0 Å². The van der Waals surface area contributed by atoms with Gasteiger partial charge in [-0.3, -0.25) is 4.79 Å². The normalized spacial score (nSPS) is 12.2. The van der Waals surface area contributed by atoms with Crippen LogP contribution in [0.15, 0.2) is 0 Å². The highest BCUT2D eigenvalue weighted by Crippen LogP contribution is 2.17. The summed E-state index contributed by atoms with van der Waals surface area (Å²) in [6.07, 6.45) is 37.6. The highest BCUT2D eigenvalue weighted by Gasteiger charge is 2.31. The second kappa shape index (κ2) is 35.1. The number of unbranched alkanes of at least 4 members (excludes halogenated alkanes) is 25. The fraction of sp³-hybridized carbons (Fsp3) is 0.976. The molecule has 0 aliphatic carbocycles. The van der Waals surface area contributed by atoms with E-state index in [4.69, 9.17) is 4.18 Å². The summed E-state index contributed by atoms with van der Waals surface area (Å²) in [4.78, 5) is 12.6. The summed E-state index contributed by atoms with van der Waals surface area (Å²) in [7, 11) is 4.65. The third-order valence-corrected chi connectivity index (χ3v) is 10.8. The Labute approximate surface area is 304 Å². The van der Waals surface area contributed by atoms with Gasteiger partial charge in [-0.1, -0.05) is 168 Å². The van der Waals surface area contributed by atoms with Gasteiger partial charge in [-0.25, -0.2) is 0 Å². The number of amides is 1. The molecular formula is C41H85N2O4S+. The Morgan fingerprint density at radius 3 is 1.31 bits per heavy atom. The van der Waals surface area contributed by atoms with Crippen molar-refractivity contribution in [3.05, 3.63) is 0 Å². The zero-order valence-electron chi connectivity index (χ0n) is 32.8. The van der Waals surface area contributed by atoms with E-state index in [2.05, 4.69) is 33.3 Å². The van der Waals surface area contributed by atoms with Crippen molar-refractivity contribution < 1.29 is 23.7 Å². The first kappa shape index (κ1) is 47.7. The Hall–Kier alpha value is -0.340. The molecule has 0 heterocycles. The van der Waals surface area contributed by atoms with E-state index in [9.17, 15) is 15.0 Å². The topological polar surface area (TPSA) is 78.8 Å². The number of carbonyl (C=O) groups excluding carboxylic acids is 1. The van der Waals surface area contributed by atoms with E-state index < -0.39 is 5.54 Å². The quantitative estimate of drug-likeness (QED) is 0.0338. The van der Waals surface area contributed by atoms with Crippen LogP contribution in [0.1, 0.15) is 200 Å². The van der Waals surface area contributed by atoms with E-state index in [1.807, 2.05) is 0 Å². The van der Waals surface area contributed by atoms with Crippen molar-refractivity contribution in [2.45, 2.75) is 206 Å². The van der Waals surface area contributed by atoms with Crippen LogP contribution >= 0.6 is 12.0 Å². The van der Waals surface area contributed by atoms with Gasteiger partial charge < -0.3 is 24.2 Å². The average molecular weight is 702 g/mol. The zero-order valence-corrected chi connectivity index (χ0v) is 33.6. The van der Waals surface area contributed by atoms with E-state index in [0.717, 1.165) is 36.0 Å². The summed E-state index contributed by atoms with van der Waals surface area (Å²) in [5.41, 5.74) is -1.12. The number of aliphatic hydroxyl groups excluding tert-OH is 2. The Balaban J connectivity index is 3.80. The molecule has 0 rings (SSSR count). The molecule has 0 aromatic heterocycles. The maximum absolute atomic E-state index is 12.6. The van der Waals surface area contributed by atoms with Crippen molar-refractivity contribution in [1.82, 2.24) is 5.32 Å². The summed E-state index contributed by atoms with van der Waals surface area (Å²) >= 11 is 1.38. The van der Waals surface area contributed by atoms with Gasteiger partial charge >= 0.3 is 0 Å². The van der Waals surface area contributed by atoms with Gasteiger partial charge in [-0.15, -0.1) is 0 Å². The second-order valence-electron chi connectivity index (χ2n) is 15.6. The second-order valence-corrected chi connectivity index (χ2v) is 16.4. The summed E-state index contributed by atoms with van der Waals surface area (Å²) in [6, 6.07) is 0. The number of hydrogen-bond acceptors (Lipinski definition) is 5. The monoisotopic (exact) mass is 702 g/mol. The molecule has 0 bridgehead atoms. The van der Waals surface area contributed by atoms with Crippen LogP contribution in [-0.4, -0.2) is 78.9 Å². The number of carbonyl (C=O) groups is 1. The predicted molar refractivity (Wildman–Crippen MR) is 211 cm³/mol. The Bertz CT molecular complexity index is 675. The molecular weight excluding hydrogens is 617 g/mol. The fourth-order valence-corrected chi connectivity index (χ4v) is 7.20. The van der Waals surface area contributed by atoms with Gasteiger partial charge in [0.1, 0.15) is 5.54 Å². The van der Waals surface area contributed by atoms with E-state index in [1.54, 1.807) is 0 Å². The Morgan fingerprint density at radius 1 is 0.562 bits per heavy atom. The molecule has 3 N–H and O–H groups in total. The number of hydrogen-bond donors (Lipinski definition) is 3. The maximum atomic E-state index is 12.6. The van der Waals surface area contributed by atoms with Crippen LogP contribution in [0.5, 0.6) is 0 Å². The van der Waals surface area contributed by atoms with E-state index >= 15 is 0 Å². The van der Waals surface area contributed by atoms with Crippen LogP contribution in [0.25, 0.3) is 0 Å². The SMILES string of the molecule is CCCCCCCCCCCCCCCC[N+](C)(C)CCCSOCC(CO)(CO)NC(=O)CCCCCCCCCCCCCCC. The maximum Gasteiger partial charge on any atom is 0.220 e. The standard InChI is InChI=1S/C41H84N2O4S/c1-5-7-9-11-13-15-17-19-21-23-25-27-29-31-34-43(3,4)35-32-36-48-47-39-41(37-44,38-45)42-40(46)33-30-28-26-24-22-20-18-16-14-12-10-8-6-2/h44-45H,5-39H2,1-4H3/p+1. The van der Waals surface area contributed by atoms with E-state index in [-0.39, 0.29) is 25.7 Å². The molecule has 0 aromatic carbocycles. The molecule has 48 heavy (non-hydrogen) atoms. The van der Waals surface area contributed by atoms with E-state index in [1.165, 1.54) is 179 Å². The first-order valence-electron chi connectivity index (χ1n) is 20.9. The molecule has 288 valence electrons. The van der Waals surface area contributed by atoms with Crippen molar-refractivity contribution >= 4 is 17.9 Å². The van der Waals surface area contributed by atoms with E-state index in [0.29, 0.717) is 6.42 Å². The minimum Gasteiger partial charge on any atom is -0.394 e. The number of aliphatic hydroxyl groups is 2. The lowest BCUT2D eigenvalue weighted by Crippen LogP contribution is -2.57. The predicted octanol–water partition coefficient (Wildman–Crippen LogP) is 10.9. The molecule has 0 atom stereocenters. The minimum absolute atomic E-state index is 0.103. The Kier molecular flexibility index (Phi) is 34.8.